The van der Waals surface area contributed by atoms with Gasteiger partial charge in [-0.05, 0) is 30.3 Å². The quantitative estimate of drug-likeness (QED) is 0.792. The molecule has 19 heavy (non-hydrogen) atoms. The Morgan fingerprint density at radius 2 is 1.89 bits per heavy atom. The Hall–Kier alpha value is -2.00. The number of hydrogen-bond acceptors (Lipinski definition) is 3. The van der Waals surface area contributed by atoms with Gasteiger partial charge >= 0.3 is 0 Å². The van der Waals surface area contributed by atoms with Gasteiger partial charge in [0.15, 0.2) is 6.29 Å². The second-order valence-electron chi connectivity index (χ2n) is 4.05. The van der Waals surface area contributed by atoms with Crippen molar-refractivity contribution in [2.75, 3.05) is 19.1 Å². The molecule has 2 aromatic rings. The lowest BCUT2D eigenvalue weighted by molar-refractivity contribution is 0.112. The highest BCUT2D eigenvalue weighted by Gasteiger charge is 2.13. The van der Waals surface area contributed by atoms with Gasteiger partial charge in [-0.3, -0.25) is 4.79 Å². The summed E-state index contributed by atoms with van der Waals surface area (Å²) >= 11 is 5.90. The van der Waals surface area contributed by atoms with Gasteiger partial charge < -0.3 is 9.64 Å². The van der Waals surface area contributed by atoms with Gasteiger partial charge in [-0.2, -0.15) is 0 Å². The van der Waals surface area contributed by atoms with Crippen LogP contribution in [0.5, 0.6) is 5.75 Å². The largest absolute Gasteiger partial charge is 0.495 e. The molecule has 2 rings (SSSR count). The molecule has 0 heterocycles. The maximum absolute atomic E-state index is 11.2. The number of carbonyl (C=O) groups excluding carboxylic acids is 1. The second-order valence-corrected chi connectivity index (χ2v) is 4.49. The summed E-state index contributed by atoms with van der Waals surface area (Å²) in [5, 5.41) is 0.541. The SMILES string of the molecule is COc1ccccc1N(C)c1ccc(Cl)cc1C=O. The number of rotatable bonds is 4. The van der Waals surface area contributed by atoms with Gasteiger partial charge in [0.2, 0.25) is 0 Å². The van der Waals surface area contributed by atoms with E-state index in [2.05, 4.69) is 0 Å². The van der Waals surface area contributed by atoms with Crippen molar-refractivity contribution >= 4 is 29.3 Å². The van der Waals surface area contributed by atoms with Gasteiger partial charge in [0, 0.05) is 17.6 Å². The number of methoxy groups -OCH3 is 1. The van der Waals surface area contributed by atoms with Crippen LogP contribution in [0.4, 0.5) is 11.4 Å². The monoisotopic (exact) mass is 275 g/mol. The normalized spacial score (nSPS) is 10.1. The predicted octanol–water partition coefficient (Wildman–Crippen LogP) is 3.93. The van der Waals surface area contributed by atoms with Gasteiger partial charge in [-0.1, -0.05) is 23.7 Å². The van der Waals surface area contributed by atoms with Crippen molar-refractivity contribution in [1.29, 1.82) is 0 Å². The summed E-state index contributed by atoms with van der Waals surface area (Å²) in [5.41, 5.74) is 2.21. The zero-order valence-electron chi connectivity index (χ0n) is 10.8. The first kappa shape index (κ1) is 13.4. The maximum atomic E-state index is 11.2. The van der Waals surface area contributed by atoms with Crippen molar-refractivity contribution in [3.8, 4) is 5.75 Å². The highest BCUT2D eigenvalue weighted by atomic mass is 35.5. The minimum Gasteiger partial charge on any atom is -0.495 e. The molecule has 98 valence electrons. The van der Waals surface area contributed by atoms with E-state index in [4.69, 9.17) is 16.3 Å². The fourth-order valence-electron chi connectivity index (χ4n) is 1.96. The number of hydrogen-bond donors (Lipinski definition) is 0. The van der Waals surface area contributed by atoms with Gasteiger partial charge in [0.05, 0.1) is 18.5 Å². The predicted molar refractivity (Wildman–Crippen MR) is 77.9 cm³/mol. The lowest BCUT2D eigenvalue weighted by Gasteiger charge is -2.23. The molecule has 0 aliphatic rings. The Kier molecular flexibility index (Phi) is 4.07. The highest BCUT2D eigenvalue weighted by Crippen LogP contribution is 2.34. The third kappa shape index (κ3) is 2.71. The van der Waals surface area contributed by atoms with Crippen molar-refractivity contribution < 1.29 is 9.53 Å². The first-order valence-electron chi connectivity index (χ1n) is 5.79. The number of para-hydroxylation sites is 2. The van der Waals surface area contributed by atoms with Crippen LogP contribution in [-0.2, 0) is 0 Å². The molecular formula is C15H14ClNO2. The first-order valence-corrected chi connectivity index (χ1v) is 6.16. The summed E-state index contributed by atoms with van der Waals surface area (Å²) in [7, 11) is 3.50. The number of ether oxygens (including phenoxy) is 1. The molecule has 3 nitrogen and oxygen atoms in total. The summed E-state index contributed by atoms with van der Waals surface area (Å²) < 4.78 is 5.33. The van der Waals surface area contributed by atoms with Crippen LogP contribution in [0.3, 0.4) is 0 Å². The summed E-state index contributed by atoms with van der Waals surface area (Å²) in [6.45, 7) is 0. The molecule has 0 aliphatic heterocycles. The smallest absolute Gasteiger partial charge is 0.152 e. The zero-order valence-corrected chi connectivity index (χ0v) is 11.5. The molecule has 0 saturated carbocycles. The van der Waals surface area contributed by atoms with Crippen LogP contribution in [0.25, 0.3) is 0 Å². The first-order chi connectivity index (χ1) is 9.17. The Bertz CT molecular complexity index is 598. The average molecular weight is 276 g/mol. The third-order valence-corrected chi connectivity index (χ3v) is 3.16. The van der Waals surface area contributed by atoms with Crippen molar-refractivity contribution in [2.45, 2.75) is 0 Å². The number of anilines is 2. The zero-order chi connectivity index (χ0) is 13.8. The molecule has 0 bridgehead atoms. The molecule has 2 aromatic carbocycles. The molecule has 4 heteroatoms. The van der Waals surface area contributed by atoms with Crippen molar-refractivity contribution in [2.24, 2.45) is 0 Å². The van der Waals surface area contributed by atoms with E-state index in [0.29, 0.717) is 10.6 Å². The Morgan fingerprint density at radius 3 is 2.58 bits per heavy atom. The van der Waals surface area contributed by atoms with E-state index in [0.717, 1.165) is 23.4 Å². The van der Waals surface area contributed by atoms with Gasteiger partial charge in [0.1, 0.15) is 5.75 Å². The molecule has 0 fully saturated rings. The lowest BCUT2D eigenvalue weighted by Crippen LogP contribution is -2.12. The molecular weight excluding hydrogens is 262 g/mol. The fourth-order valence-corrected chi connectivity index (χ4v) is 2.14. The van der Waals surface area contributed by atoms with E-state index in [-0.39, 0.29) is 0 Å². The van der Waals surface area contributed by atoms with E-state index in [1.165, 1.54) is 0 Å². The minimum atomic E-state index is 0.541. The molecule has 0 saturated heterocycles. The molecule has 0 aliphatic carbocycles. The van der Waals surface area contributed by atoms with E-state index >= 15 is 0 Å². The number of benzene rings is 2. The van der Waals surface area contributed by atoms with Crippen molar-refractivity contribution in [1.82, 2.24) is 0 Å². The topological polar surface area (TPSA) is 29.5 Å². The van der Waals surface area contributed by atoms with Crippen LogP contribution >= 0.6 is 11.6 Å². The Labute approximate surface area is 117 Å². The summed E-state index contributed by atoms with van der Waals surface area (Å²) in [5.74, 6) is 0.747. The summed E-state index contributed by atoms with van der Waals surface area (Å²) in [6, 6.07) is 12.9. The number of nitrogens with zero attached hydrogens (tertiary/aromatic N) is 1. The summed E-state index contributed by atoms with van der Waals surface area (Å²) in [6.07, 6.45) is 0.799. The van der Waals surface area contributed by atoms with E-state index in [1.54, 1.807) is 19.2 Å². The lowest BCUT2D eigenvalue weighted by atomic mass is 10.1. The van der Waals surface area contributed by atoms with Crippen molar-refractivity contribution in [3.05, 3.63) is 53.1 Å². The van der Waals surface area contributed by atoms with E-state index in [1.807, 2.05) is 42.3 Å². The van der Waals surface area contributed by atoms with Gasteiger partial charge in [-0.25, -0.2) is 0 Å². The van der Waals surface area contributed by atoms with Gasteiger partial charge in [-0.15, -0.1) is 0 Å². The van der Waals surface area contributed by atoms with Gasteiger partial charge in [0.25, 0.3) is 0 Å². The van der Waals surface area contributed by atoms with Crippen LogP contribution in [0.1, 0.15) is 10.4 Å². The number of carbonyl (C=O) groups is 1. The molecule has 0 spiro atoms. The van der Waals surface area contributed by atoms with Crippen LogP contribution in [-0.4, -0.2) is 20.4 Å². The molecule has 0 N–H and O–H groups in total. The Morgan fingerprint density at radius 1 is 1.16 bits per heavy atom. The van der Waals surface area contributed by atoms with Crippen LogP contribution in [0, 0.1) is 0 Å². The highest BCUT2D eigenvalue weighted by molar-refractivity contribution is 6.31. The molecule has 0 atom stereocenters. The second kappa shape index (κ2) is 5.76. The molecule has 0 unspecified atom stereocenters. The van der Waals surface area contributed by atoms with Crippen LogP contribution in [0.15, 0.2) is 42.5 Å². The van der Waals surface area contributed by atoms with E-state index in [9.17, 15) is 4.79 Å². The Balaban J connectivity index is 2.49. The summed E-state index contributed by atoms with van der Waals surface area (Å²) in [4.78, 5) is 13.1. The standard InChI is InChI=1S/C15H14ClNO2/c1-17(14-5-3-4-6-15(14)19-2)13-8-7-12(16)9-11(13)10-18/h3-10H,1-2H3. The molecule has 0 radical (unpaired) electrons. The van der Waals surface area contributed by atoms with Crippen molar-refractivity contribution in [3.63, 3.8) is 0 Å². The third-order valence-electron chi connectivity index (χ3n) is 2.92. The molecule has 0 amide bonds. The van der Waals surface area contributed by atoms with Crippen LogP contribution < -0.4 is 9.64 Å². The van der Waals surface area contributed by atoms with Crippen LogP contribution in [0.2, 0.25) is 5.02 Å². The number of aldehydes is 1. The minimum absolute atomic E-state index is 0.541. The van der Waals surface area contributed by atoms with E-state index < -0.39 is 0 Å². The maximum Gasteiger partial charge on any atom is 0.152 e. The number of halogens is 1. The average Bonchev–Trinajstić information content (AvgIpc) is 2.46. The molecule has 0 aromatic heterocycles. The fraction of sp³-hybridized carbons (Fsp3) is 0.133.